The third-order valence-electron chi connectivity index (χ3n) is 3.63. The van der Waals surface area contributed by atoms with Crippen LogP contribution in [0.4, 0.5) is 0 Å². The van der Waals surface area contributed by atoms with E-state index in [4.69, 9.17) is 4.42 Å². The highest BCUT2D eigenvalue weighted by atomic mass is 16.3. The van der Waals surface area contributed by atoms with E-state index in [0.29, 0.717) is 0 Å². The summed E-state index contributed by atoms with van der Waals surface area (Å²) in [5, 5.41) is 7.91. The van der Waals surface area contributed by atoms with Gasteiger partial charge in [0.05, 0.1) is 12.2 Å². The van der Waals surface area contributed by atoms with Crippen LogP contribution in [0.5, 0.6) is 0 Å². The van der Waals surface area contributed by atoms with E-state index in [1.54, 1.807) is 0 Å². The van der Waals surface area contributed by atoms with Gasteiger partial charge in [0.1, 0.15) is 11.5 Å². The monoisotopic (exact) mass is 261 g/mol. The fraction of sp³-hybridized carbons (Fsp3) is 0.533. The number of hydrogen-bond donors (Lipinski definition) is 1. The molecule has 0 aliphatic heterocycles. The first-order chi connectivity index (χ1) is 9.08. The molecule has 0 aliphatic rings. The van der Waals surface area contributed by atoms with Gasteiger partial charge in [-0.05, 0) is 39.8 Å². The normalized spacial score (nSPS) is 12.9. The third kappa shape index (κ3) is 2.59. The summed E-state index contributed by atoms with van der Waals surface area (Å²) in [7, 11) is 0. The number of hydrogen-bond acceptors (Lipinski definition) is 3. The lowest BCUT2D eigenvalue weighted by Gasteiger charge is -2.17. The Kier molecular flexibility index (Phi) is 4.10. The van der Waals surface area contributed by atoms with Crippen LogP contribution in [0.1, 0.15) is 48.1 Å². The molecule has 1 N–H and O–H groups in total. The first kappa shape index (κ1) is 13.9. The molecule has 0 aliphatic carbocycles. The van der Waals surface area contributed by atoms with Gasteiger partial charge in [-0.2, -0.15) is 5.10 Å². The summed E-state index contributed by atoms with van der Waals surface area (Å²) in [4.78, 5) is 0. The molecule has 2 heterocycles. The first-order valence-corrected chi connectivity index (χ1v) is 6.90. The molecule has 2 aromatic rings. The molecule has 1 unspecified atom stereocenters. The van der Waals surface area contributed by atoms with E-state index in [-0.39, 0.29) is 6.04 Å². The quantitative estimate of drug-likeness (QED) is 0.899. The van der Waals surface area contributed by atoms with Crippen molar-refractivity contribution in [2.24, 2.45) is 0 Å². The number of nitrogens with one attached hydrogen (secondary N) is 1. The lowest BCUT2D eigenvalue weighted by atomic mass is 9.97. The molecule has 0 fully saturated rings. The summed E-state index contributed by atoms with van der Waals surface area (Å²) >= 11 is 0. The lowest BCUT2D eigenvalue weighted by Crippen LogP contribution is -2.22. The van der Waals surface area contributed by atoms with Crippen molar-refractivity contribution in [2.75, 3.05) is 6.54 Å². The van der Waals surface area contributed by atoms with Crippen LogP contribution in [-0.4, -0.2) is 16.3 Å². The van der Waals surface area contributed by atoms with Gasteiger partial charge in [0, 0.05) is 23.9 Å². The van der Waals surface area contributed by atoms with Crippen molar-refractivity contribution in [3.63, 3.8) is 0 Å². The predicted molar refractivity (Wildman–Crippen MR) is 76.3 cm³/mol. The van der Waals surface area contributed by atoms with Crippen LogP contribution in [0, 0.1) is 20.8 Å². The minimum absolute atomic E-state index is 0.155. The van der Waals surface area contributed by atoms with Gasteiger partial charge in [0.25, 0.3) is 0 Å². The van der Waals surface area contributed by atoms with E-state index in [2.05, 4.69) is 37.4 Å². The van der Waals surface area contributed by atoms with Gasteiger partial charge in [0.2, 0.25) is 0 Å². The smallest absolute Gasteiger partial charge is 0.106 e. The summed E-state index contributed by atoms with van der Waals surface area (Å²) in [6, 6.07) is 0.155. The molecule has 0 radical (unpaired) electrons. The van der Waals surface area contributed by atoms with Crippen molar-refractivity contribution in [2.45, 2.75) is 47.2 Å². The average Bonchev–Trinajstić information content (AvgIpc) is 2.94. The molecule has 0 spiro atoms. The predicted octanol–water partition coefficient (Wildman–Crippen LogP) is 3.12. The molecule has 0 aromatic carbocycles. The second-order valence-electron chi connectivity index (χ2n) is 4.87. The average molecular weight is 261 g/mol. The topological polar surface area (TPSA) is 43.0 Å². The molecule has 0 saturated carbocycles. The molecule has 2 rings (SSSR count). The number of nitrogens with zero attached hydrogens (tertiary/aromatic N) is 2. The number of rotatable bonds is 5. The van der Waals surface area contributed by atoms with Crippen LogP contribution >= 0.6 is 0 Å². The molecule has 0 saturated heterocycles. The maximum atomic E-state index is 5.76. The fourth-order valence-corrected chi connectivity index (χ4v) is 2.53. The minimum atomic E-state index is 0.155. The van der Waals surface area contributed by atoms with E-state index < -0.39 is 0 Å². The Morgan fingerprint density at radius 1 is 1.26 bits per heavy atom. The third-order valence-corrected chi connectivity index (χ3v) is 3.63. The Morgan fingerprint density at radius 3 is 2.47 bits per heavy atom. The van der Waals surface area contributed by atoms with Crippen molar-refractivity contribution in [3.8, 4) is 0 Å². The minimum Gasteiger partial charge on any atom is -0.466 e. The molecule has 4 heteroatoms. The van der Waals surface area contributed by atoms with Crippen molar-refractivity contribution in [3.05, 3.63) is 40.6 Å². The molecule has 1 atom stereocenters. The maximum absolute atomic E-state index is 5.76. The van der Waals surface area contributed by atoms with Crippen LogP contribution < -0.4 is 5.32 Å². The van der Waals surface area contributed by atoms with Crippen molar-refractivity contribution in [1.82, 2.24) is 15.1 Å². The zero-order chi connectivity index (χ0) is 14.0. The molecule has 19 heavy (non-hydrogen) atoms. The molecule has 104 valence electrons. The molecular formula is C15H23N3O. The second-order valence-corrected chi connectivity index (χ2v) is 4.87. The highest BCUT2D eigenvalue weighted by molar-refractivity contribution is 5.39. The van der Waals surface area contributed by atoms with Crippen LogP contribution in [0.25, 0.3) is 0 Å². The number of aromatic nitrogens is 2. The zero-order valence-corrected chi connectivity index (χ0v) is 12.4. The van der Waals surface area contributed by atoms with E-state index >= 15 is 0 Å². The van der Waals surface area contributed by atoms with Crippen LogP contribution in [0.15, 0.2) is 16.8 Å². The van der Waals surface area contributed by atoms with Crippen molar-refractivity contribution in [1.29, 1.82) is 0 Å². The summed E-state index contributed by atoms with van der Waals surface area (Å²) in [5.74, 6) is 1.99. The highest BCUT2D eigenvalue weighted by Crippen LogP contribution is 2.31. The molecule has 0 amide bonds. The Balaban J connectivity index is 2.44. The number of aryl methyl sites for hydroxylation is 3. The Morgan fingerprint density at radius 2 is 2.00 bits per heavy atom. The van der Waals surface area contributed by atoms with Gasteiger partial charge >= 0.3 is 0 Å². The van der Waals surface area contributed by atoms with Gasteiger partial charge in [-0.3, -0.25) is 4.68 Å². The Labute approximate surface area is 114 Å². The van der Waals surface area contributed by atoms with E-state index in [1.165, 1.54) is 16.7 Å². The van der Waals surface area contributed by atoms with Crippen LogP contribution in [0.2, 0.25) is 0 Å². The standard InChI is InChI=1S/C15H23N3O/c1-6-16-15(13-8-17-18(7-2)9-13)14-10(3)11(4)19-12(14)5/h8-9,15-16H,6-7H2,1-5H3. The van der Waals surface area contributed by atoms with Crippen molar-refractivity contribution < 1.29 is 4.42 Å². The van der Waals surface area contributed by atoms with E-state index in [0.717, 1.165) is 24.6 Å². The van der Waals surface area contributed by atoms with Crippen LogP contribution in [-0.2, 0) is 6.54 Å². The molecule has 0 bridgehead atoms. The van der Waals surface area contributed by atoms with E-state index in [1.807, 2.05) is 24.7 Å². The summed E-state index contributed by atoms with van der Waals surface area (Å²) in [6.45, 7) is 12.2. The van der Waals surface area contributed by atoms with Gasteiger partial charge in [-0.15, -0.1) is 0 Å². The highest BCUT2D eigenvalue weighted by Gasteiger charge is 2.23. The Bertz CT molecular complexity index is 554. The lowest BCUT2D eigenvalue weighted by molar-refractivity contribution is 0.494. The maximum Gasteiger partial charge on any atom is 0.106 e. The fourth-order valence-electron chi connectivity index (χ4n) is 2.53. The molecular weight excluding hydrogens is 238 g/mol. The summed E-state index contributed by atoms with van der Waals surface area (Å²) in [6.07, 6.45) is 4.05. The van der Waals surface area contributed by atoms with Gasteiger partial charge in [0.15, 0.2) is 0 Å². The largest absolute Gasteiger partial charge is 0.466 e. The SMILES string of the molecule is CCNC(c1cnn(CC)c1)c1c(C)oc(C)c1C. The molecule has 2 aromatic heterocycles. The van der Waals surface area contributed by atoms with Crippen LogP contribution in [0.3, 0.4) is 0 Å². The zero-order valence-electron chi connectivity index (χ0n) is 12.4. The summed E-state index contributed by atoms with van der Waals surface area (Å²) < 4.78 is 7.72. The second kappa shape index (κ2) is 5.61. The Hall–Kier alpha value is -1.55. The molecule has 4 nitrogen and oxygen atoms in total. The number of furan rings is 1. The first-order valence-electron chi connectivity index (χ1n) is 6.90. The van der Waals surface area contributed by atoms with Gasteiger partial charge in [-0.1, -0.05) is 6.92 Å². The van der Waals surface area contributed by atoms with Gasteiger partial charge in [-0.25, -0.2) is 0 Å². The summed E-state index contributed by atoms with van der Waals surface area (Å²) in [5.41, 5.74) is 3.67. The van der Waals surface area contributed by atoms with Crippen molar-refractivity contribution >= 4 is 0 Å². The van der Waals surface area contributed by atoms with E-state index in [9.17, 15) is 0 Å². The van der Waals surface area contributed by atoms with Gasteiger partial charge < -0.3 is 9.73 Å².